The van der Waals surface area contributed by atoms with E-state index in [-0.39, 0.29) is 6.10 Å². The molecule has 1 rings (SSSR count). The van der Waals surface area contributed by atoms with Crippen LogP contribution < -0.4 is 4.74 Å². The van der Waals surface area contributed by atoms with Crippen molar-refractivity contribution >= 4 is 28.6 Å². The molecule has 0 aliphatic rings. The minimum atomic E-state index is 0.191. The van der Waals surface area contributed by atoms with Crippen LogP contribution in [0.1, 0.15) is 13.8 Å². The first-order chi connectivity index (χ1) is 5.61. The fourth-order valence-electron chi connectivity index (χ4n) is 0.844. The number of rotatable bonds is 2. The third-order valence-corrected chi connectivity index (χ3v) is 2.80. The first kappa shape index (κ1) is 9.93. The van der Waals surface area contributed by atoms with Crippen LogP contribution in [0.15, 0.2) is 27.6 Å². The monoisotopic (exact) mass is 246 g/mol. The van der Waals surface area contributed by atoms with Gasteiger partial charge in [0.15, 0.2) is 0 Å². The second-order valence-corrected chi connectivity index (χ2v) is 4.03. The van der Waals surface area contributed by atoms with Gasteiger partial charge in [-0.2, -0.15) is 0 Å². The Labute approximate surface area is 86.7 Å². The molecule has 12 heavy (non-hydrogen) atoms. The minimum absolute atomic E-state index is 0.191. The molecule has 0 N–H and O–H groups in total. The lowest BCUT2D eigenvalue weighted by Gasteiger charge is -2.11. The molecule has 3 heteroatoms. The second kappa shape index (κ2) is 4.19. The number of halogens is 1. The standard InChI is InChI=1S/C9H11BrOS/c1-6(2)11-7-4-3-5-8(12)9(7)10/h3-6,12H,1-2H3. The molecule has 0 heterocycles. The van der Waals surface area contributed by atoms with Crippen molar-refractivity contribution in [1.82, 2.24) is 0 Å². The van der Waals surface area contributed by atoms with E-state index in [1.165, 1.54) is 0 Å². The van der Waals surface area contributed by atoms with E-state index in [0.717, 1.165) is 15.1 Å². The molecular formula is C9H11BrOS. The van der Waals surface area contributed by atoms with Gasteiger partial charge in [0, 0.05) is 4.90 Å². The van der Waals surface area contributed by atoms with Crippen molar-refractivity contribution in [2.75, 3.05) is 0 Å². The third-order valence-electron chi connectivity index (χ3n) is 1.31. The summed E-state index contributed by atoms with van der Waals surface area (Å²) in [5.74, 6) is 0.845. The molecule has 0 aliphatic heterocycles. The van der Waals surface area contributed by atoms with Crippen LogP contribution in [0.3, 0.4) is 0 Å². The van der Waals surface area contributed by atoms with Crippen LogP contribution in [0.2, 0.25) is 0 Å². The summed E-state index contributed by atoms with van der Waals surface area (Å²) in [5.41, 5.74) is 0. The molecule has 0 radical (unpaired) electrons. The molecule has 0 saturated heterocycles. The van der Waals surface area contributed by atoms with Crippen LogP contribution in [0.4, 0.5) is 0 Å². The van der Waals surface area contributed by atoms with Crippen LogP contribution in [0.5, 0.6) is 5.75 Å². The van der Waals surface area contributed by atoms with Crippen LogP contribution in [-0.4, -0.2) is 6.10 Å². The Morgan fingerprint density at radius 2 is 2.08 bits per heavy atom. The Morgan fingerprint density at radius 1 is 1.42 bits per heavy atom. The van der Waals surface area contributed by atoms with E-state index in [0.29, 0.717) is 0 Å². The van der Waals surface area contributed by atoms with Crippen LogP contribution in [-0.2, 0) is 0 Å². The predicted molar refractivity (Wildman–Crippen MR) is 57.2 cm³/mol. The summed E-state index contributed by atoms with van der Waals surface area (Å²) in [4.78, 5) is 0.896. The molecule has 0 fully saturated rings. The molecule has 0 aromatic heterocycles. The summed E-state index contributed by atoms with van der Waals surface area (Å²) in [6, 6.07) is 5.76. The van der Waals surface area contributed by atoms with E-state index in [2.05, 4.69) is 28.6 Å². The van der Waals surface area contributed by atoms with Crippen LogP contribution >= 0.6 is 28.6 Å². The van der Waals surface area contributed by atoms with E-state index >= 15 is 0 Å². The van der Waals surface area contributed by atoms with E-state index < -0.39 is 0 Å². The van der Waals surface area contributed by atoms with Gasteiger partial charge in [0.1, 0.15) is 5.75 Å². The van der Waals surface area contributed by atoms with Gasteiger partial charge in [-0.3, -0.25) is 0 Å². The summed E-state index contributed by atoms with van der Waals surface area (Å²) in [6.07, 6.45) is 0.191. The zero-order valence-electron chi connectivity index (χ0n) is 7.04. The van der Waals surface area contributed by atoms with Gasteiger partial charge in [-0.1, -0.05) is 6.07 Å². The van der Waals surface area contributed by atoms with Gasteiger partial charge in [-0.15, -0.1) is 12.6 Å². The summed E-state index contributed by atoms with van der Waals surface area (Å²) in [5, 5.41) is 0. The Bertz CT molecular complexity index is 273. The first-order valence-corrected chi connectivity index (χ1v) is 4.99. The van der Waals surface area contributed by atoms with Gasteiger partial charge in [-0.05, 0) is 41.9 Å². The van der Waals surface area contributed by atoms with Gasteiger partial charge in [-0.25, -0.2) is 0 Å². The van der Waals surface area contributed by atoms with E-state index in [4.69, 9.17) is 4.74 Å². The highest BCUT2D eigenvalue weighted by molar-refractivity contribution is 9.10. The summed E-state index contributed by atoms with van der Waals surface area (Å²) < 4.78 is 6.45. The van der Waals surface area contributed by atoms with Crippen molar-refractivity contribution in [3.05, 3.63) is 22.7 Å². The van der Waals surface area contributed by atoms with Crippen molar-refractivity contribution in [1.29, 1.82) is 0 Å². The highest BCUT2D eigenvalue weighted by atomic mass is 79.9. The molecule has 0 saturated carbocycles. The number of hydrogen-bond donors (Lipinski definition) is 1. The van der Waals surface area contributed by atoms with Gasteiger partial charge in [0.25, 0.3) is 0 Å². The topological polar surface area (TPSA) is 9.23 Å². The Kier molecular flexibility index (Phi) is 3.47. The lowest BCUT2D eigenvalue weighted by atomic mass is 10.3. The summed E-state index contributed by atoms with van der Waals surface area (Å²) in [7, 11) is 0. The quantitative estimate of drug-likeness (QED) is 0.786. The molecular weight excluding hydrogens is 236 g/mol. The largest absolute Gasteiger partial charge is 0.490 e. The van der Waals surface area contributed by atoms with E-state index in [1.807, 2.05) is 32.0 Å². The molecule has 0 atom stereocenters. The first-order valence-electron chi connectivity index (χ1n) is 3.75. The molecule has 1 aromatic carbocycles. The van der Waals surface area contributed by atoms with Crippen LogP contribution in [0.25, 0.3) is 0 Å². The zero-order chi connectivity index (χ0) is 9.14. The maximum absolute atomic E-state index is 5.53. The van der Waals surface area contributed by atoms with Crippen molar-refractivity contribution in [3.8, 4) is 5.75 Å². The van der Waals surface area contributed by atoms with Crippen LogP contribution in [0, 0.1) is 0 Å². The number of hydrogen-bond acceptors (Lipinski definition) is 2. The SMILES string of the molecule is CC(C)Oc1cccc(S)c1Br. The van der Waals surface area contributed by atoms with Gasteiger partial charge in [0.2, 0.25) is 0 Å². The zero-order valence-corrected chi connectivity index (χ0v) is 9.52. The number of thiol groups is 1. The van der Waals surface area contributed by atoms with Crippen molar-refractivity contribution < 1.29 is 4.74 Å². The average Bonchev–Trinajstić information content (AvgIpc) is 1.98. The molecule has 0 aliphatic carbocycles. The molecule has 0 unspecified atom stereocenters. The third kappa shape index (κ3) is 2.42. The fraction of sp³-hybridized carbons (Fsp3) is 0.333. The Balaban J connectivity index is 2.92. The highest BCUT2D eigenvalue weighted by Crippen LogP contribution is 2.31. The molecule has 0 amide bonds. The maximum Gasteiger partial charge on any atom is 0.134 e. The number of benzene rings is 1. The van der Waals surface area contributed by atoms with Gasteiger partial charge >= 0.3 is 0 Å². The smallest absolute Gasteiger partial charge is 0.134 e. The Hall–Kier alpha value is -0.150. The molecule has 1 aromatic rings. The molecule has 1 nitrogen and oxygen atoms in total. The summed E-state index contributed by atoms with van der Waals surface area (Å²) >= 11 is 7.67. The molecule has 0 bridgehead atoms. The van der Waals surface area contributed by atoms with Gasteiger partial charge < -0.3 is 4.74 Å². The van der Waals surface area contributed by atoms with Gasteiger partial charge in [0.05, 0.1) is 10.6 Å². The minimum Gasteiger partial charge on any atom is -0.490 e. The highest BCUT2D eigenvalue weighted by Gasteiger charge is 2.04. The van der Waals surface area contributed by atoms with Crippen molar-refractivity contribution in [2.45, 2.75) is 24.8 Å². The fourth-order valence-corrected chi connectivity index (χ4v) is 1.40. The summed E-state index contributed by atoms with van der Waals surface area (Å²) in [6.45, 7) is 4.00. The lowest BCUT2D eigenvalue weighted by molar-refractivity contribution is 0.240. The van der Waals surface area contributed by atoms with Crippen molar-refractivity contribution in [3.63, 3.8) is 0 Å². The molecule has 66 valence electrons. The second-order valence-electron chi connectivity index (χ2n) is 2.76. The van der Waals surface area contributed by atoms with Crippen molar-refractivity contribution in [2.24, 2.45) is 0 Å². The normalized spacial score (nSPS) is 10.4. The number of ether oxygens (including phenoxy) is 1. The maximum atomic E-state index is 5.53. The predicted octanol–water partition coefficient (Wildman–Crippen LogP) is 3.53. The average molecular weight is 247 g/mol. The lowest BCUT2D eigenvalue weighted by Crippen LogP contribution is -2.05. The van der Waals surface area contributed by atoms with E-state index in [9.17, 15) is 0 Å². The Morgan fingerprint density at radius 3 is 2.67 bits per heavy atom. The van der Waals surface area contributed by atoms with E-state index in [1.54, 1.807) is 0 Å². The molecule has 0 spiro atoms.